The van der Waals surface area contributed by atoms with Gasteiger partial charge >= 0.3 is 0 Å². The lowest BCUT2D eigenvalue weighted by molar-refractivity contribution is 0.0498. The standard InChI is InChI=1S/C24H33N7O6S/c1-6-10-37-20(18-8-7-15(2)12-25-18)16(3)38(32,33)30-24-29-28-21(17-9-11-36-13-17)31(24)19-22(34-4)26-14-27-23(19)35-5/h7-8,12,14,16-17,20H,6,9-11,13H2,1-5H3,(H,29,30)/t16-,17-,20+/m0/s1. The van der Waals surface area contributed by atoms with E-state index in [0.717, 1.165) is 12.0 Å². The number of ether oxygens (including phenoxy) is 4. The van der Waals surface area contributed by atoms with Crippen molar-refractivity contribution in [2.45, 2.75) is 50.9 Å². The van der Waals surface area contributed by atoms with E-state index in [-0.39, 0.29) is 29.3 Å². The van der Waals surface area contributed by atoms with Gasteiger partial charge in [0.05, 0.1) is 26.5 Å². The van der Waals surface area contributed by atoms with E-state index in [2.05, 4.69) is 29.9 Å². The largest absolute Gasteiger partial charge is 0.479 e. The highest BCUT2D eigenvalue weighted by Gasteiger charge is 2.36. The Morgan fingerprint density at radius 1 is 1.16 bits per heavy atom. The molecule has 0 aromatic carbocycles. The molecule has 13 nitrogen and oxygen atoms in total. The smallest absolute Gasteiger partial charge is 0.245 e. The molecule has 0 aliphatic carbocycles. The summed E-state index contributed by atoms with van der Waals surface area (Å²) in [5.41, 5.74) is 1.75. The first-order chi connectivity index (χ1) is 18.3. The summed E-state index contributed by atoms with van der Waals surface area (Å²) in [6.07, 6.45) is 3.57. The zero-order chi connectivity index (χ0) is 27.3. The van der Waals surface area contributed by atoms with Crippen LogP contribution in [0, 0.1) is 6.92 Å². The molecule has 206 valence electrons. The van der Waals surface area contributed by atoms with Crippen LogP contribution >= 0.6 is 0 Å². The van der Waals surface area contributed by atoms with Crippen molar-refractivity contribution >= 4 is 16.0 Å². The molecule has 4 heterocycles. The van der Waals surface area contributed by atoms with Crippen LogP contribution in [-0.4, -0.2) is 77.4 Å². The van der Waals surface area contributed by atoms with Crippen molar-refractivity contribution in [1.82, 2.24) is 29.7 Å². The second kappa shape index (κ2) is 12.0. The van der Waals surface area contributed by atoms with E-state index < -0.39 is 21.4 Å². The van der Waals surface area contributed by atoms with Crippen molar-refractivity contribution in [1.29, 1.82) is 0 Å². The topological polar surface area (TPSA) is 152 Å². The molecule has 0 saturated carbocycles. The molecule has 0 amide bonds. The first-order valence-electron chi connectivity index (χ1n) is 12.3. The number of hydrogen-bond donors (Lipinski definition) is 1. The predicted octanol–water partition coefficient (Wildman–Crippen LogP) is 2.58. The van der Waals surface area contributed by atoms with Gasteiger partial charge in [-0.1, -0.05) is 13.0 Å². The highest BCUT2D eigenvalue weighted by molar-refractivity contribution is 7.93. The van der Waals surface area contributed by atoms with E-state index in [9.17, 15) is 8.42 Å². The molecule has 1 fully saturated rings. The van der Waals surface area contributed by atoms with Crippen molar-refractivity contribution in [2.75, 3.05) is 38.8 Å². The lowest BCUT2D eigenvalue weighted by Gasteiger charge is -2.25. The van der Waals surface area contributed by atoms with Crippen molar-refractivity contribution in [3.8, 4) is 17.4 Å². The van der Waals surface area contributed by atoms with E-state index >= 15 is 0 Å². The molecule has 0 unspecified atom stereocenters. The van der Waals surface area contributed by atoms with Crippen LogP contribution in [0.1, 0.15) is 55.8 Å². The van der Waals surface area contributed by atoms with E-state index in [1.165, 1.54) is 25.1 Å². The Labute approximate surface area is 222 Å². The number of anilines is 1. The number of hydrogen-bond acceptors (Lipinski definition) is 11. The average molecular weight is 548 g/mol. The van der Waals surface area contributed by atoms with Gasteiger partial charge in [-0.05, 0) is 38.3 Å². The molecule has 0 bridgehead atoms. The van der Waals surface area contributed by atoms with E-state index in [1.807, 2.05) is 19.9 Å². The lowest BCUT2D eigenvalue weighted by Crippen LogP contribution is -2.33. The van der Waals surface area contributed by atoms with Crippen LogP contribution in [0.4, 0.5) is 5.95 Å². The van der Waals surface area contributed by atoms with Gasteiger partial charge in [-0.15, -0.1) is 10.2 Å². The Kier molecular flexibility index (Phi) is 8.74. The first kappa shape index (κ1) is 27.7. The molecule has 3 aromatic rings. The molecule has 3 atom stereocenters. The number of rotatable bonds is 12. The summed E-state index contributed by atoms with van der Waals surface area (Å²) >= 11 is 0. The van der Waals surface area contributed by atoms with Crippen LogP contribution in [-0.2, 0) is 19.5 Å². The Balaban J connectivity index is 1.77. The number of aromatic nitrogens is 6. The van der Waals surface area contributed by atoms with Gasteiger partial charge in [0.25, 0.3) is 0 Å². The fraction of sp³-hybridized carbons (Fsp3) is 0.542. The Morgan fingerprint density at radius 2 is 1.89 bits per heavy atom. The third kappa shape index (κ3) is 5.71. The van der Waals surface area contributed by atoms with Gasteiger partial charge < -0.3 is 18.9 Å². The molecular formula is C24H33N7O6S. The van der Waals surface area contributed by atoms with Crippen LogP contribution < -0.4 is 14.2 Å². The molecule has 38 heavy (non-hydrogen) atoms. The van der Waals surface area contributed by atoms with Crippen LogP contribution in [0.3, 0.4) is 0 Å². The van der Waals surface area contributed by atoms with E-state index in [0.29, 0.717) is 37.8 Å². The third-order valence-corrected chi connectivity index (χ3v) is 7.92. The third-order valence-electron chi connectivity index (χ3n) is 6.22. The van der Waals surface area contributed by atoms with E-state index in [4.69, 9.17) is 18.9 Å². The van der Waals surface area contributed by atoms with Gasteiger partial charge in [0.15, 0.2) is 5.69 Å². The van der Waals surface area contributed by atoms with Crippen molar-refractivity contribution < 1.29 is 27.4 Å². The Morgan fingerprint density at radius 3 is 2.47 bits per heavy atom. The molecule has 1 saturated heterocycles. The van der Waals surface area contributed by atoms with Gasteiger partial charge in [0, 0.05) is 25.3 Å². The number of sulfonamides is 1. The van der Waals surface area contributed by atoms with Gasteiger partial charge in [0.2, 0.25) is 27.7 Å². The zero-order valence-electron chi connectivity index (χ0n) is 22.1. The highest BCUT2D eigenvalue weighted by atomic mass is 32.2. The number of nitrogens with one attached hydrogen (secondary N) is 1. The molecule has 1 N–H and O–H groups in total. The fourth-order valence-corrected chi connectivity index (χ4v) is 5.28. The minimum atomic E-state index is -4.07. The SMILES string of the molecule is CCCO[C@@H](c1ccc(C)cn1)[C@H](C)S(=O)(=O)Nc1nnc([C@H]2CCOC2)n1-c1c(OC)ncnc1OC. The maximum atomic E-state index is 13.7. The molecule has 4 rings (SSSR count). The second-order valence-corrected chi connectivity index (χ2v) is 11.0. The van der Waals surface area contributed by atoms with Crippen molar-refractivity contribution in [3.63, 3.8) is 0 Å². The minimum absolute atomic E-state index is 0.0590. The van der Waals surface area contributed by atoms with Crippen LogP contribution in [0.2, 0.25) is 0 Å². The molecule has 0 spiro atoms. The summed E-state index contributed by atoms with van der Waals surface area (Å²) in [5, 5.41) is 7.51. The van der Waals surface area contributed by atoms with Crippen LogP contribution in [0.5, 0.6) is 11.8 Å². The summed E-state index contributed by atoms with van der Waals surface area (Å²) in [5.74, 6) is 0.608. The molecule has 0 radical (unpaired) electrons. The van der Waals surface area contributed by atoms with Crippen LogP contribution in [0.25, 0.3) is 5.69 Å². The summed E-state index contributed by atoms with van der Waals surface area (Å²) in [4.78, 5) is 12.8. The number of methoxy groups -OCH3 is 2. The van der Waals surface area contributed by atoms with Gasteiger partial charge in [-0.25, -0.2) is 8.42 Å². The normalized spacial score (nSPS) is 17.2. The van der Waals surface area contributed by atoms with Gasteiger partial charge in [-0.3, -0.25) is 14.3 Å². The Hall–Kier alpha value is -3.36. The summed E-state index contributed by atoms with van der Waals surface area (Å²) in [6.45, 7) is 6.77. The zero-order valence-corrected chi connectivity index (χ0v) is 22.9. The minimum Gasteiger partial charge on any atom is -0.479 e. The van der Waals surface area contributed by atoms with Crippen molar-refractivity contribution in [2.24, 2.45) is 0 Å². The lowest BCUT2D eigenvalue weighted by atomic mass is 10.1. The number of pyridine rings is 1. The van der Waals surface area contributed by atoms with E-state index in [1.54, 1.807) is 19.2 Å². The summed E-state index contributed by atoms with van der Waals surface area (Å²) < 4.78 is 54.1. The number of nitrogens with zero attached hydrogens (tertiary/aromatic N) is 6. The van der Waals surface area contributed by atoms with Gasteiger partial charge in [-0.2, -0.15) is 9.97 Å². The predicted molar refractivity (Wildman–Crippen MR) is 138 cm³/mol. The average Bonchev–Trinajstić information content (AvgIpc) is 3.59. The quantitative estimate of drug-likeness (QED) is 0.356. The maximum Gasteiger partial charge on any atom is 0.245 e. The summed E-state index contributed by atoms with van der Waals surface area (Å²) in [6, 6.07) is 3.65. The molecule has 3 aromatic heterocycles. The fourth-order valence-electron chi connectivity index (χ4n) is 4.16. The Bertz CT molecular complexity index is 1300. The molecule has 1 aliphatic heterocycles. The van der Waals surface area contributed by atoms with Crippen molar-refractivity contribution in [3.05, 3.63) is 41.7 Å². The monoisotopic (exact) mass is 547 g/mol. The second-order valence-electron chi connectivity index (χ2n) is 8.92. The first-order valence-corrected chi connectivity index (χ1v) is 13.9. The van der Waals surface area contributed by atoms with Gasteiger partial charge in [0.1, 0.15) is 23.5 Å². The molecule has 14 heteroatoms. The molecule has 1 aliphatic rings. The highest BCUT2D eigenvalue weighted by Crippen LogP contribution is 2.36. The summed E-state index contributed by atoms with van der Waals surface area (Å²) in [7, 11) is -1.18. The number of aryl methyl sites for hydroxylation is 1. The maximum absolute atomic E-state index is 13.7. The molecular weight excluding hydrogens is 514 g/mol. The van der Waals surface area contributed by atoms with Crippen LogP contribution in [0.15, 0.2) is 24.7 Å².